The standard InChI is InChI=1S/C21H26ClN5O3/c1-2-3-4-16-12-26(13-20(29)24-10-9-19(23)28)21(30)18-11-17(25-27(16)18)14-5-7-15(22)8-6-14/h5-8,11,16H,2-4,9-10,12-13H2,1H3,(H2,23,28)(H,24,29). The molecule has 8 nitrogen and oxygen atoms in total. The number of primary amides is 1. The van der Waals surface area contributed by atoms with Crippen LogP contribution in [0.15, 0.2) is 30.3 Å². The van der Waals surface area contributed by atoms with Crippen molar-refractivity contribution in [2.45, 2.75) is 38.6 Å². The summed E-state index contributed by atoms with van der Waals surface area (Å²) in [6.45, 7) is 2.62. The average molecular weight is 432 g/mol. The summed E-state index contributed by atoms with van der Waals surface area (Å²) in [4.78, 5) is 37.7. The number of hydrogen-bond acceptors (Lipinski definition) is 4. The molecule has 1 atom stereocenters. The number of amides is 3. The summed E-state index contributed by atoms with van der Waals surface area (Å²) in [5.41, 5.74) is 7.13. The van der Waals surface area contributed by atoms with E-state index in [-0.39, 0.29) is 37.4 Å². The molecule has 1 aliphatic heterocycles. The van der Waals surface area contributed by atoms with Gasteiger partial charge in [-0.15, -0.1) is 0 Å². The highest BCUT2D eigenvalue weighted by atomic mass is 35.5. The third-order valence-electron chi connectivity index (χ3n) is 5.08. The van der Waals surface area contributed by atoms with Crippen LogP contribution in [0, 0.1) is 0 Å². The van der Waals surface area contributed by atoms with E-state index in [2.05, 4.69) is 12.2 Å². The van der Waals surface area contributed by atoms with Crippen LogP contribution in [0.1, 0.15) is 49.1 Å². The highest BCUT2D eigenvalue weighted by Gasteiger charge is 2.33. The molecule has 0 fully saturated rings. The second kappa shape index (κ2) is 9.75. The Hall–Kier alpha value is -2.87. The van der Waals surface area contributed by atoms with E-state index in [9.17, 15) is 14.4 Å². The Balaban J connectivity index is 1.80. The van der Waals surface area contributed by atoms with E-state index in [0.717, 1.165) is 24.8 Å². The number of benzene rings is 1. The maximum atomic E-state index is 13.0. The Morgan fingerprint density at radius 1 is 1.30 bits per heavy atom. The van der Waals surface area contributed by atoms with Gasteiger partial charge in [0.25, 0.3) is 5.91 Å². The minimum atomic E-state index is -0.484. The number of nitrogens with two attached hydrogens (primary N) is 1. The fourth-order valence-corrected chi connectivity index (χ4v) is 3.64. The van der Waals surface area contributed by atoms with Gasteiger partial charge < -0.3 is 16.0 Å². The van der Waals surface area contributed by atoms with Crippen molar-refractivity contribution in [2.24, 2.45) is 5.73 Å². The molecule has 160 valence electrons. The van der Waals surface area contributed by atoms with Gasteiger partial charge in [-0.2, -0.15) is 5.10 Å². The third kappa shape index (κ3) is 5.18. The van der Waals surface area contributed by atoms with Crippen LogP contribution in [0.2, 0.25) is 5.02 Å². The molecule has 1 unspecified atom stereocenters. The number of rotatable bonds is 9. The fourth-order valence-electron chi connectivity index (χ4n) is 3.51. The lowest BCUT2D eigenvalue weighted by molar-refractivity contribution is -0.122. The van der Waals surface area contributed by atoms with Gasteiger partial charge in [0.05, 0.1) is 18.3 Å². The molecule has 1 aromatic carbocycles. The number of nitrogens with one attached hydrogen (secondary N) is 1. The first kappa shape index (κ1) is 21.8. The zero-order valence-electron chi connectivity index (χ0n) is 16.9. The van der Waals surface area contributed by atoms with Gasteiger partial charge >= 0.3 is 0 Å². The molecular weight excluding hydrogens is 406 g/mol. The van der Waals surface area contributed by atoms with Crippen molar-refractivity contribution in [3.8, 4) is 11.3 Å². The number of hydrogen-bond donors (Lipinski definition) is 2. The summed E-state index contributed by atoms with van der Waals surface area (Å²) in [6, 6.07) is 9.07. The van der Waals surface area contributed by atoms with E-state index in [1.807, 2.05) is 12.1 Å². The highest BCUT2D eigenvalue weighted by molar-refractivity contribution is 6.30. The monoisotopic (exact) mass is 431 g/mol. The molecular formula is C21H26ClN5O3. The molecule has 0 bridgehead atoms. The van der Waals surface area contributed by atoms with Crippen LogP contribution >= 0.6 is 11.6 Å². The third-order valence-corrected chi connectivity index (χ3v) is 5.33. The molecule has 0 radical (unpaired) electrons. The molecule has 30 heavy (non-hydrogen) atoms. The quantitative estimate of drug-likeness (QED) is 0.635. The van der Waals surface area contributed by atoms with E-state index in [1.54, 1.807) is 27.8 Å². The minimum Gasteiger partial charge on any atom is -0.370 e. The molecule has 0 spiro atoms. The normalized spacial score (nSPS) is 15.7. The van der Waals surface area contributed by atoms with E-state index >= 15 is 0 Å². The summed E-state index contributed by atoms with van der Waals surface area (Å²) < 4.78 is 1.80. The first-order chi connectivity index (χ1) is 14.4. The van der Waals surface area contributed by atoms with Gasteiger partial charge in [0.2, 0.25) is 11.8 Å². The van der Waals surface area contributed by atoms with Crippen molar-refractivity contribution in [3.05, 3.63) is 41.0 Å². The number of unbranched alkanes of at least 4 members (excludes halogenated alkanes) is 1. The molecule has 1 aliphatic rings. The Kier molecular flexibility index (Phi) is 7.10. The number of aromatic nitrogens is 2. The number of carbonyl (C=O) groups excluding carboxylic acids is 3. The van der Waals surface area contributed by atoms with E-state index in [0.29, 0.717) is 23.0 Å². The topological polar surface area (TPSA) is 110 Å². The van der Waals surface area contributed by atoms with Gasteiger partial charge in [0.15, 0.2) is 0 Å². The molecule has 9 heteroatoms. The van der Waals surface area contributed by atoms with E-state index < -0.39 is 5.91 Å². The van der Waals surface area contributed by atoms with Crippen LogP contribution in [0.3, 0.4) is 0 Å². The highest BCUT2D eigenvalue weighted by Crippen LogP contribution is 2.29. The molecule has 3 amide bonds. The second-order valence-corrected chi connectivity index (χ2v) is 7.85. The predicted octanol–water partition coefficient (Wildman–Crippen LogP) is 2.38. The Labute approximate surface area is 180 Å². The Morgan fingerprint density at radius 2 is 2.03 bits per heavy atom. The van der Waals surface area contributed by atoms with Crippen LogP contribution in [-0.4, -0.2) is 52.0 Å². The van der Waals surface area contributed by atoms with Gasteiger partial charge in [-0.25, -0.2) is 0 Å². The lowest BCUT2D eigenvalue weighted by Crippen LogP contribution is -2.48. The predicted molar refractivity (Wildman–Crippen MR) is 114 cm³/mol. The second-order valence-electron chi connectivity index (χ2n) is 7.41. The Morgan fingerprint density at radius 3 is 2.70 bits per heavy atom. The summed E-state index contributed by atoms with van der Waals surface area (Å²) in [7, 11) is 0. The Bertz CT molecular complexity index is 925. The van der Waals surface area contributed by atoms with Crippen LogP contribution in [0.5, 0.6) is 0 Å². The summed E-state index contributed by atoms with van der Waals surface area (Å²) in [5, 5.41) is 7.96. The van der Waals surface area contributed by atoms with Crippen LogP contribution in [0.25, 0.3) is 11.3 Å². The minimum absolute atomic E-state index is 0.00267. The lowest BCUT2D eigenvalue weighted by atomic mass is 10.1. The van der Waals surface area contributed by atoms with Gasteiger partial charge in [0.1, 0.15) is 5.69 Å². The van der Waals surface area contributed by atoms with Crippen molar-refractivity contribution in [1.29, 1.82) is 0 Å². The first-order valence-corrected chi connectivity index (χ1v) is 10.5. The summed E-state index contributed by atoms with van der Waals surface area (Å²) >= 11 is 5.97. The molecule has 1 aromatic heterocycles. The molecule has 0 aliphatic carbocycles. The number of halogens is 1. The first-order valence-electron chi connectivity index (χ1n) is 10.1. The van der Waals surface area contributed by atoms with Gasteiger partial charge in [-0.05, 0) is 24.6 Å². The van der Waals surface area contributed by atoms with Crippen molar-refractivity contribution in [2.75, 3.05) is 19.6 Å². The zero-order chi connectivity index (χ0) is 21.7. The van der Waals surface area contributed by atoms with Gasteiger partial charge in [-0.1, -0.05) is 43.5 Å². The molecule has 3 rings (SSSR count). The van der Waals surface area contributed by atoms with Crippen molar-refractivity contribution >= 4 is 29.3 Å². The average Bonchev–Trinajstić information content (AvgIpc) is 3.15. The smallest absolute Gasteiger partial charge is 0.272 e. The van der Waals surface area contributed by atoms with E-state index in [1.165, 1.54) is 0 Å². The fraction of sp³-hybridized carbons (Fsp3) is 0.429. The summed E-state index contributed by atoms with van der Waals surface area (Å²) in [6.07, 6.45) is 2.94. The van der Waals surface area contributed by atoms with Crippen LogP contribution in [-0.2, 0) is 9.59 Å². The molecule has 2 heterocycles. The van der Waals surface area contributed by atoms with Gasteiger partial charge in [-0.3, -0.25) is 19.1 Å². The maximum absolute atomic E-state index is 13.0. The maximum Gasteiger partial charge on any atom is 0.272 e. The molecule has 2 aromatic rings. The zero-order valence-corrected chi connectivity index (χ0v) is 17.7. The van der Waals surface area contributed by atoms with Crippen molar-refractivity contribution in [1.82, 2.24) is 20.0 Å². The van der Waals surface area contributed by atoms with E-state index in [4.69, 9.17) is 22.4 Å². The SMILES string of the molecule is CCCCC1CN(CC(=O)NCCC(N)=O)C(=O)c2cc(-c3ccc(Cl)cc3)nn21. The number of carbonyl (C=O) groups is 3. The molecule has 0 saturated heterocycles. The number of fused-ring (bicyclic) bond motifs is 1. The molecule has 0 saturated carbocycles. The summed E-state index contributed by atoms with van der Waals surface area (Å²) in [5.74, 6) is -1.03. The molecule has 3 N–H and O–H groups in total. The lowest BCUT2D eigenvalue weighted by Gasteiger charge is -2.33. The van der Waals surface area contributed by atoms with Crippen LogP contribution < -0.4 is 11.1 Å². The number of nitrogens with zero attached hydrogens (tertiary/aromatic N) is 3. The van der Waals surface area contributed by atoms with Crippen molar-refractivity contribution in [3.63, 3.8) is 0 Å². The van der Waals surface area contributed by atoms with Crippen molar-refractivity contribution < 1.29 is 14.4 Å². The largest absolute Gasteiger partial charge is 0.370 e. The van der Waals surface area contributed by atoms with Gasteiger partial charge in [0, 0.05) is 30.1 Å². The van der Waals surface area contributed by atoms with Crippen LogP contribution in [0.4, 0.5) is 0 Å².